The molecule has 0 bridgehead atoms. The molecule has 1 aromatic carbocycles. The van der Waals surface area contributed by atoms with Crippen molar-refractivity contribution in [2.75, 3.05) is 20.2 Å². The first-order valence-electron chi connectivity index (χ1n) is 7.13. The molecule has 1 heterocycles. The van der Waals surface area contributed by atoms with Crippen molar-refractivity contribution in [3.05, 3.63) is 35.9 Å². The molecule has 0 N–H and O–H groups in total. The van der Waals surface area contributed by atoms with Crippen molar-refractivity contribution in [2.45, 2.75) is 38.3 Å². The van der Waals surface area contributed by atoms with E-state index in [-0.39, 0.29) is 11.8 Å². The summed E-state index contributed by atoms with van der Waals surface area (Å²) in [6.07, 6.45) is 3.38. The van der Waals surface area contributed by atoms with Crippen LogP contribution in [0.5, 0.6) is 0 Å². The first kappa shape index (κ1) is 14.2. The number of likely N-dealkylation sites (N-methyl/N-ethyl adjacent to an activating group) is 1. The molecule has 1 fully saturated rings. The molecule has 3 nitrogen and oxygen atoms in total. The third-order valence-corrected chi connectivity index (χ3v) is 3.80. The van der Waals surface area contributed by atoms with E-state index in [1.165, 1.54) is 0 Å². The van der Waals surface area contributed by atoms with Crippen LogP contribution in [0.3, 0.4) is 0 Å². The van der Waals surface area contributed by atoms with E-state index in [2.05, 4.69) is 11.8 Å². The maximum atomic E-state index is 12.5. The van der Waals surface area contributed by atoms with Gasteiger partial charge in [0.15, 0.2) is 5.78 Å². The number of rotatable bonds is 6. The quantitative estimate of drug-likeness (QED) is 0.737. The lowest BCUT2D eigenvalue weighted by molar-refractivity contribution is 0.0588. The average Bonchev–Trinajstić information content (AvgIpc) is 2.93. The maximum absolute atomic E-state index is 12.5. The number of hydrogen-bond acceptors (Lipinski definition) is 3. The summed E-state index contributed by atoms with van der Waals surface area (Å²) in [5.74, 6) is 0.212. The second-order valence-corrected chi connectivity index (χ2v) is 5.23. The molecule has 0 amide bonds. The molecule has 19 heavy (non-hydrogen) atoms. The van der Waals surface area contributed by atoms with Crippen molar-refractivity contribution in [1.29, 1.82) is 0 Å². The summed E-state index contributed by atoms with van der Waals surface area (Å²) in [4.78, 5) is 14.7. The summed E-state index contributed by atoms with van der Waals surface area (Å²) in [6, 6.07) is 9.51. The Hall–Kier alpha value is -1.19. The van der Waals surface area contributed by atoms with Gasteiger partial charge in [-0.1, -0.05) is 37.3 Å². The number of Topliss-reactive ketones (excluding diaryl/α,β-unsaturated/α-hetero) is 1. The third-order valence-electron chi connectivity index (χ3n) is 3.80. The zero-order valence-corrected chi connectivity index (χ0v) is 11.8. The van der Waals surface area contributed by atoms with Crippen LogP contribution in [0, 0.1) is 0 Å². The average molecular weight is 261 g/mol. The second kappa shape index (κ2) is 6.83. The summed E-state index contributed by atoms with van der Waals surface area (Å²) in [5.41, 5.74) is 0.800. The van der Waals surface area contributed by atoms with Crippen LogP contribution in [0.4, 0.5) is 0 Å². The smallest absolute Gasteiger partial charge is 0.179 e. The lowest BCUT2D eigenvalue weighted by Gasteiger charge is -2.28. The Labute approximate surface area is 115 Å². The molecule has 0 saturated carbocycles. The molecule has 0 spiro atoms. The Bertz CT molecular complexity index is 398. The fourth-order valence-electron chi connectivity index (χ4n) is 2.73. The van der Waals surface area contributed by atoms with Crippen molar-refractivity contribution >= 4 is 5.78 Å². The van der Waals surface area contributed by atoms with Crippen LogP contribution in [0.15, 0.2) is 30.3 Å². The Morgan fingerprint density at radius 1 is 1.42 bits per heavy atom. The number of carbonyl (C=O) groups excluding carboxylic acids is 1. The lowest BCUT2D eigenvalue weighted by Crippen LogP contribution is -2.42. The Kier molecular flexibility index (Phi) is 5.11. The molecule has 104 valence electrons. The van der Waals surface area contributed by atoms with E-state index in [1.807, 2.05) is 37.4 Å². The van der Waals surface area contributed by atoms with E-state index in [0.717, 1.165) is 38.0 Å². The van der Waals surface area contributed by atoms with Crippen LogP contribution in [-0.2, 0) is 4.74 Å². The summed E-state index contributed by atoms with van der Waals surface area (Å²) in [7, 11) is 2.02. The molecule has 0 aliphatic carbocycles. The fourth-order valence-corrected chi connectivity index (χ4v) is 2.73. The summed E-state index contributed by atoms with van der Waals surface area (Å²) < 4.78 is 5.65. The zero-order valence-electron chi connectivity index (χ0n) is 11.8. The molecule has 2 atom stereocenters. The Morgan fingerprint density at radius 3 is 2.74 bits per heavy atom. The fraction of sp³-hybridized carbons (Fsp3) is 0.562. The Balaban J connectivity index is 2.00. The van der Waals surface area contributed by atoms with Crippen molar-refractivity contribution < 1.29 is 9.53 Å². The van der Waals surface area contributed by atoms with Gasteiger partial charge in [-0.2, -0.15) is 0 Å². The second-order valence-electron chi connectivity index (χ2n) is 5.23. The van der Waals surface area contributed by atoms with Gasteiger partial charge < -0.3 is 4.74 Å². The highest BCUT2D eigenvalue weighted by atomic mass is 16.5. The minimum Gasteiger partial charge on any atom is -0.377 e. The topological polar surface area (TPSA) is 29.5 Å². The summed E-state index contributed by atoms with van der Waals surface area (Å²) in [6.45, 7) is 3.77. The standard InChI is InChI=1S/C16H23NO2/c1-3-15(16(18)13-8-5-4-6-9-13)17(2)12-14-10-7-11-19-14/h4-6,8-9,14-15H,3,7,10-12H2,1-2H3. The van der Waals surface area contributed by atoms with E-state index >= 15 is 0 Å². The Morgan fingerprint density at radius 2 is 2.16 bits per heavy atom. The minimum atomic E-state index is -0.0494. The van der Waals surface area contributed by atoms with Gasteiger partial charge in [0.25, 0.3) is 0 Å². The van der Waals surface area contributed by atoms with Gasteiger partial charge in [-0.15, -0.1) is 0 Å². The molecule has 0 aromatic heterocycles. The largest absolute Gasteiger partial charge is 0.377 e. The molecule has 1 aliphatic heterocycles. The van der Waals surface area contributed by atoms with Gasteiger partial charge >= 0.3 is 0 Å². The van der Waals surface area contributed by atoms with Crippen molar-refractivity contribution in [3.63, 3.8) is 0 Å². The summed E-state index contributed by atoms with van der Waals surface area (Å²) in [5, 5.41) is 0. The lowest BCUT2D eigenvalue weighted by atomic mass is 10.0. The molecule has 1 aromatic rings. The number of benzene rings is 1. The molecule has 1 aliphatic rings. The number of hydrogen-bond donors (Lipinski definition) is 0. The van der Waals surface area contributed by atoms with Crippen LogP contribution >= 0.6 is 0 Å². The van der Waals surface area contributed by atoms with Gasteiger partial charge in [-0.05, 0) is 26.3 Å². The van der Waals surface area contributed by atoms with E-state index < -0.39 is 0 Å². The zero-order chi connectivity index (χ0) is 13.7. The van der Waals surface area contributed by atoms with Gasteiger partial charge in [0, 0.05) is 18.7 Å². The van der Waals surface area contributed by atoms with E-state index in [9.17, 15) is 4.79 Å². The molecular formula is C16H23NO2. The molecule has 0 radical (unpaired) electrons. The number of ether oxygens (including phenoxy) is 1. The number of nitrogens with zero attached hydrogens (tertiary/aromatic N) is 1. The SMILES string of the molecule is CCC(C(=O)c1ccccc1)N(C)CC1CCCO1. The highest BCUT2D eigenvalue weighted by Gasteiger charge is 2.26. The predicted octanol–water partition coefficient (Wildman–Crippen LogP) is 2.76. The third kappa shape index (κ3) is 3.64. The van der Waals surface area contributed by atoms with Crippen LogP contribution in [0.1, 0.15) is 36.5 Å². The van der Waals surface area contributed by atoms with Crippen molar-refractivity contribution in [1.82, 2.24) is 4.90 Å². The van der Waals surface area contributed by atoms with Crippen LogP contribution in [0.2, 0.25) is 0 Å². The first-order valence-corrected chi connectivity index (χ1v) is 7.13. The van der Waals surface area contributed by atoms with E-state index in [1.54, 1.807) is 0 Å². The first-order chi connectivity index (χ1) is 9.22. The highest BCUT2D eigenvalue weighted by Crippen LogP contribution is 2.17. The van der Waals surface area contributed by atoms with Crippen molar-refractivity contribution in [2.24, 2.45) is 0 Å². The van der Waals surface area contributed by atoms with Gasteiger partial charge in [0.05, 0.1) is 12.1 Å². The van der Waals surface area contributed by atoms with Gasteiger partial charge in [-0.25, -0.2) is 0 Å². The van der Waals surface area contributed by atoms with Gasteiger partial charge in [0.2, 0.25) is 0 Å². The maximum Gasteiger partial charge on any atom is 0.179 e. The number of carbonyl (C=O) groups is 1. The molecule has 2 unspecified atom stereocenters. The molecule has 1 saturated heterocycles. The summed E-state index contributed by atoms with van der Waals surface area (Å²) >= 11 is 0. The van der Waals surface area contributed by atoms with E-state index in [4.69, 9.17) is 4.74 Å². The molecule has 3 heteroatoms. The normalized spacial score (nSPS) is 20.7. The van der Waals surface area contributed by atoms with E-state index in [0.29, 0.717) is 6.10 Å². The molecular weight excluding hydrogens is 238 g/mol. The van der Waals surface area contributed by atoms with Gasteiger partial charge in [-0.3, -0.25) is 9.69 Å². The van der Waals surface area contributed by atoms with Gasteiger partial charge in [0.1, 0.15) is 0 Å². The van der Waals surface area contributed by atoms with Crippen LogP contribution in [0.25, 0.3) is 0 Å². The van der Waals surface area contributed by atoms with Crippen LogP contribution < -0.4 is 0 Å². The predicted molar refractivity (Wildman–Crippen MR) is 76.5 cm³/mol. The molecule has 2 rings (SSSR count). The van der Waals surface area contributed by atoms with Crippen LogP contribution in [-0.4, -0.2) is 43.0 Å². The minimum absolute atomic E-state index is 0.0494. The number of ketones is 1. The van der Waals surface area contributed by atoms with Crippen molar-refractivity contribution in [3.8, 4) is 0 Å². The highest BCUT2D eigenvalue weighted by molar-refractivity contribution is 6.00. The monoisotopic (exact) mass is 261 g/mol.